The summed E-state index contributed by atoms with van der Waals surface area (Å²) < 4.78 is 0. The van der Waals surface area contributed by atoms with E-state index in [2.05, 4.69) is 10.3 Å². The van der Waals surface area contributed by atoms with E-state index in [-0.39, 0.29) is 24.2 Å². The molecule has 2 N–H and O–H groups in total. The average molecular weight is 250 g/mol. The average Bonchev–Trinajstić information content (AvgIpc) is 2.35. The van der Waals surface area contributed by atoms with Gasteiger partial charge in [-0.15, -0.1) is 0 Å². The van der Waals surface area contributed by atoms with E-state index in [0.29, 0.717) is 6.54 Å². The van der Waals surface area contributed by atoms with Crippen molar-refractivity contribution in [3.63, 3.8) is 0 Å². The molecule has 98 valence electrons. The smallest absolute Gasteiger partial charge is 0.303 e. The summed E-state index contributed by atoms with van der Waals surface area (Å²) >= 11 is 0. The number of carbonyl (C=O) groups is 2. The fourth-order valence-corrected chi connectivity index (χ4v) is 1.53. The zero-order chi connectivity index (χ0) is 13.6. The van der Waals surface area contributed by atoms with Crippen molar-refractivity contribution >= 4 is 11.9 Å². The van der Waals surface area contributed by atoms with Crippen LogP contribution in [0.5, 0.6) is 0 Å². The van der Waals surface area contributed by atoms with Crippen LogP contribution in [-0.4, -0.2) is 28.5 Å². The fourth-order valence-electron chi connectivity index (χ4n) is 1.53. The molecule has 18 heavy (non-hydrogen) atoms. The predicted molar refractivity (Wildman–Crippen MR) is 67.1 cm³/mol. The molecule has 1 aromatic heterocycles. The molecule has 5 nitrogen and oxygen atoms in total. The number of hydrogen-bond donors (Lipinski definition) is 2. The largest absolute Gasteiger partial charge is 0.481 e. The molecule has 0 saturated carbocycles. The third-order valence-electron chi connectivity index (χ3n) is 2.76. The van der Waals surface area contributed by atoms with E-state index in [1.165, 1.54) is 0 Å². The maximum Gasteiger partial charge on any atom is 0.303 e. The molecule has 0 unspecified atom stereocenters. The second-order valence-corrected chi connectivity index (χ2v) is 4.79. The van der Waals surface area contributed by atoms with Gasteiger partial charge in [-0.05, 0) is 17.7 Å². The van der Waals surface area contributed by atoms with E-state index in [4.69, 9.17) is 5.11 Å². The van der Waals surface area contributed by atoms with Gasteiger partial charge in [0.05, 0.1) is 6.42 Å². The van der Waals surface area contributed by atoms with Crippen LogP contribution in [0.3, 0.4) is 0 Å². The Hall–Kier alpha value is -1.91. The fraction of sp³-hybridized carbons (Fsp3) is 0.462. The highest BCUT2D eigenvalue weighted by Gasteiger charge is 2.21. The first kappa shape index (κ1) is 14.2. The Bertz CT molecular complexity index is 416. The number of nitrogens with one attached hydrogen (secondary N) is 1. The van der Waals surface area contributed by atoms with Crippen molar-refractivity contribution in [2.45, 2.75) is 32.1 Å². The Labute approximate surface area is 106 Å². The quantitative estimate of drug-likeness (QED) is 0.798. The Morgan fingerprint density at radius 1 is 1.28 bits per heavy atom. The van der Waals surface area contributed by atoms with Crippen LogP contribution in [0, 0.1) is 0 Å². The van der Waals surface area contributed by atoms with Gasteiger partial charge >= 0.3 is 5.97 Å². The lowest BCUT2D eigenvalue weighted by molar-refractivity contribution is -0.138. The predicted octanol–water partition coefficient (Wildman–Crippen LogP) is 1.34. The number of carboxylic acids is 1. The maximum absolute atomic E-state index is 11.4. The van der Waals surface area contributed by atoms with Gasteiger partial charge in [-0.25, -0.2) is 0 Å². The molecule has 0 aliphatic rings. The lowest BCUT2D eigenvalue weighted by Crippen LogP contribution is -2.36. The number of carboxylic acid groups (broad SMARTS) is 1. The van der Waals surface area contributed by atoms with Crippen molar-refractivity contribution in [2.75, 3.05) is 6.54 Å². The highest BCUT2D eigenvalue weighted by molar-refractivity contribution is 5.80. The Morgan fingerprint density at radius 2 is 1.89 bits per heavy atom. The molecule has 0 saturated heterocycles. The zero-order valence-corrected chi connectivity index (χ0v) is 10.6. The van der Waals surface area contributed by atoms with Crippen LogP contribution in [0.1, 0.15) is 32.3 Å². The van der Waals surface area contributed by atoms with Crippen molar-refractivity contribution in [1.82, 2.24) is 10.3 Å². The van der Waals surface area contributed by atoms with Crippen LogP contribution in [0.15, 0.2) is 24.5 Å². The van der Waals surface area contributed by atoms with Gasteiger partial charge in [-0.2, -0.15) is 0 Å². The van der Waals surface area contributed by atoms with Gasteiger partial charge in [0, 0.05) is 30.8 Å². The van der Waals surface area contributed by atoms with Crippen LogP contribution in [0.2, 0.25) is 0 Å². The summed E-state index contributed by atoms with van der Waals surface area (Å²) in [4.78, 5) is 25.7. The van der Waals surface area contributed by atoms with Gasteiger partial charge in [0.15, 0.2) is 0 Å². The molecule has 0 bridgehead atoms. The van der Waals surface area contributed by atoms with E-state index in [0.717, 1.165) is 5.56 Å². The van der Waals surface area contributed by atoms with Crippen LogP contribution < -0.4 is 5.32 Å². The minimum absolute atomic E-state index is 0.0156. The first-order valence-corrected chi connectivity index (χ1v) is 5.81. The van der Waals surface area contributed by atoms with Crippen molar-refractivity contribution in [3.05, 3.63) is 30.1 Å². The van der Waals surface area contributed by atoms with Gasteiger partial charge in [0.25, 0.3) is 0 Å². The molecule has 1 heterocycles. The van der Waals surface area contributed by atoms with Crippen LogP contribution >= 0.6 is 0 Å². The lowest BCUT2D eigenvalue weighted by atomic mass is 9.85. The third kappa shape index (κ3) is 4.53. The first-order valence-electron chi connectivity index (χ1n) is 5.81. The Kier molecular flexibility index (Phi) is 4.83. The molecule has 1 aromatic rings. The van der Waals surface area contributed by atoms with E-state index in [9.17, 15) is 9.59 Å². The second kappa shape index (κ2) is 6.14. The number of aliphatic carboxylic acids is 1. The Balaban J connectivity index is 2.47. The number of nitrogens with zero attached hydrogens (tertiary/aromatic N) is 1. The standard InChI is InChI=1S/C13H18N2O3/c1-13(2,10-5-7-14-8-6-10)9-15-11(16)3-4-12(17)18/h5-8H,3-4,9H2,1-2H3,(H,15,16)(H,17,18). The summed E-state index contributed by atoms with van der Waals surface area (Å²) in [6.07, 6.45) is 3.30. The highest BCUT2D eigenvalue weighted by atomic mass is 16.4. The molecule has 0 aromatic carbocycles. The summed E-state index contributed by atoms with van der Waals surface area (Å²) in [7, 11) is 0. The molecule has 0 fully saturated rings. The molecule has 0 atom stereocenters. The number of pyridine rings is 1. The molecule has 0 spiro atoms. The van der Waals surface area contributed by atoms with Crippen molar-refractivity contribution in [3.8, 4) is 0 Å². The van der Waals surface area contributed by atoms with Crippen molar-refractivity contribution in [1.29, 1.82) is 0 Å². The SMILES string of the molecule is CC(C)(CNC(=O)CCC(=O)O)c1ccncc1. The van der Waals surface area contributed by atoms with Gasteiger partial charge in [-0.3, -0.25) is 14.6 Å². The van der Waals surface area contributed by atoms with E-state index in [1.807, 2.05) is 26.0 Å². The number of carbonyl (C=O) groups excluding carboxylic acids is 1. The zero-order valence-electron chi connectivity index (χ0n) is 10.6. The van der Waals surface area contributed by atoms with Crippen molar-refractivity contribution in [2.24, 2.45) is 0 Å². The monoisotopic (exact) mass is 250 g/mol. The summed E-state index contributed by atoms with van der Waals surface area (Å²) in [6.45, 7) is 4.50. The van der Waals surface area contributed by atoms with Gasteiger partial charge in [0.2, 0.25) is 5.91 Å². The van der Waals surface area contributed by atoms with Crippen molar-refractivity contribution < 1.29 is 14.7 Å². The number of rotatable bonds is 6. The molecule has 0 radical (unpaired) electrons. The van der Waals surface area contributed by atoms with Crippen LogP contribution in [0.25, 0.3) is 0 Å². The minimum Gasteiger partial charge on any atom is -0.481 e. The summed E-state index contributed by atoms with van der Waals surface area (Å²) in [5.74, 6) is -1.20. The summed E-state index contributed by atoms with van der Waals surface area (Å²) in [5.41, 5.74) is 0.873. The van der Waals surface area contributed by atoms with E-state index in [1.54, 1.807) is 12.4 Å². The van der Waals surface area contributed by atoms with Gasteiger partial charge in [0.1, 0.15) is 0 Å². The van der Waals surface area contributed by atoms with Crippen LogP contribution in [0.4, 0.5) is 0 Å². The summed E-state index contributed by atoms with van der Waals surface area (Å²) in [5, 5.41) is 11.2. The normalized spacial score (nSPS) is 11.0. The number of aromatic nitrogens is 1. The molecule has 1 amide bonds. The summed E-state index contributed by atoms with van der Waals surface area (Å²) in [6, 6.07) is 3.81. The van der Waals surface area contributed by atoms with E-state index >= 15 is 0 Å². The molecule has 1 rings (SSSR count). The lowest BCUT2D eigenvalue weighted by Gasteiger charge is -2.25. The third-order valence-corrected chi connectivity index (χ3v) is 2.76. The molecule has 0 aliphatic carbocycles. The maximum atomic E-state index is 11.4. The molecule has 5 heteroatoms. The minimum atomic E-state index is -0.960. The van der Waals surface area contributed by atoms with Gasteiger partial charge < -0.3 is 10.4 Å². The van der Waals surface area contributed by atoms with Gasteiger partial charge in [-0.1, -0.05) is 13.8 Å². The first-order chi connectivity index (χ1) is 8.42. The van der Waals surface area contributed by atoms with Crippen LogP contribution in [-0.2, 0) is 15.0 Å². The molecule has 0 aliphatic heterocycles. The highest BCUT2D eigenvalue weighted by Crippen LogP contribution is 2.21. The second-order valence-electron chi connectivity index (χ2n) is 4.79. The topological polar surface area (TPSA) is 79.3 Å². The molecular formula is C13H18N2O3. The number of amides is 1. The Morgan fingerprint density at radius 3 is 2.44 bits per heavy atom. The molecular weight excluding hydrogens is 232 g/mol. The number of hydrogen-bond acceptors (Lipinski definition) is 3. The van der Waals surface area contributed by atoms with E-state index < -0.39 is 5.97 Å².